The quantitative estimate of drug-likeness (QED) is 0.442. The molecule has 1 fully saturated rings. The van der Waals surface area contributed by atoms with Crippen LogP contribution in [0.2, 0.25) is 0 Å². The van der Waals surface area contributed by atoms with E-state index in [1.807, 2.05) is 0 Å². The third-order valence-electron chi connectivity index (χ3n) is 3.64. The second kappa shape index (κ2) is 6.41. The normalized spacial score (nSPS) is 16.7. The molecule has 4 amide bonds. The zero-order chi connectivity index (χ0) is 14.6. The lowest BCUT2D eigenvalue weighted by atomic mass is 9.80. The van der Waals surface area contributed by atoms with Crippen LogP contribution in [0.15, 0.2) is 0 Å². The number of carbonyl (C=O) groups excluding carboxylic acids is 3. The molecule has 0 radical (unpaired) electrons. The Bertz CT molecular complexity index is 378. The minimum atomic E-state index is -0.744. The highest BCUT2D eigenvalue weighted by Crippen LogP contribution is 2.33. The molecule has 5 nitrogen and oxygen atoms in total. The molecule has 0 aromatic carbocycles. The molecule has 0 unspecified atom stereocenters. The Hall–Kier alpha value is -1.04. The van der Waals surface area contributed by atoms with E-state index in [9.17, 15) is 14.4 Å². The zero-order valence-electron chi connectivity index (χ0n) is 11.8. The summed E-state index contributed by atoms with van der Waals surface area (Å²) in [6, 6.07) is -0.520. The standard InChI is InChI=1S/C13H22N2O3S/c1-4-6-13(9-19,7-5-2)8-15-11(17)10(16)14(3)12(15)18/h19H,4-9H2,1-3H3. The van der Waals surface area contributed by atoms with Gasteiger partial charge in [0.25, 0.3) is 0 Å². The molecule has 0 aromatic heterocycles. The Morgan fingerprint density at radius 1 is 1.05 bits per heavy atom. The lowest BCUT2D eigenvalue weighted by molar-refractivity contribution is -0.143. The number of imide groups is 2. The molecule has 1 aliphatic rings. The van der Waals surface area contributed by atoms with Crippen molar-refractivity contribution in [2.45, 2.75) is 39.5 Å². The van der Waals surface area contributed by atoms with Gasteiger partial charge in [-0.3, -0.25) is 19.4 Å². The number of nitrogens with zero attached hydrogens (tertiary/aromatic N) is 2. The fraction of sp³-hybridized carbons (Fsp3) is 0.769. The molecule has 0 saturated carbocycles. The van der Waals surface area contributed by atoms with Gasteiger partial charge in [0.05, 0.1) is 0 Å². The molecule has 0 spiro atoms. The first-order chi connectivity index (χ1) is 8.92. The van der Waals surface area contributed by atoms with Gasteiger partial charge < -0.3 is 0 Å². The topological polar surface area (TPSA) is 57.7 Å². The average Bonchev–Trinajstić information content (AvgIpc) is 2.57. The van der Waals surface area contributed by atoms with Crippen LogP contribution in [0.3, 0.4) is 0 Å². The Labute approximate surface area is 119 Å². The monoisotopic (exact) mass is 286 g/mol. The van der Waals surface area contributed by atoms with Crippen molar-refractivity contribution < 1.29 is 14.4 Å². The van der Waals surface area contributed by atoms with E-state index in [1.165, 1.54) is 7.05 Å². The Balaban J connectivity index is 2.93. The summed E-state index contributed by atoms with van der Waals surface area (Å²) in [7, 11) is 1.34. The third kappa shape index (κ3) is 3.11. The summed E-state index contributed by atoms with van der Waals surface area (Å²) in [5, 5.41) is 0. The van der Waals surface area contributed by atoms with Crippen LogP contribution in [0.1, 0.15) is 39.5 Å². The lowest BCUT2D eigenvalue weighted by Gasteiger charge is -2.34. The van der Waals surface area contributed by atoms with E-state index in [4.69, 9.17) is 0 Å². The molecule has 1 heterocycles. The number of hydrogen-bond acceptors (Lipinski definition) is 4. The Morgan fingerprint density at radius 3 is 1.89 bits per heavy atom. The number of carbonyl (C=O) groups is 3. The van der Waals surface area contributed by atoms with E-state index in [1.54, 1.807) is 0 Å². The van der Waals surface area contributed by atoms with E-state index >= 15 is 0 Å². The largest absolute Gasteiger partial charge is 0.333 e. The maximum atomic E-state index is 11.9. The molecular weight excluding hydrogens is 264 g/mol. The number of thiol groups is 1. The van der Waals surface area contributed by atoms with Gasteiger partial charge in [-0.2, -0.15) is 12.6 Å². The molecule has 6 heteroatoms. The van der Waals surface area contributed by atoms with Gasteiger partial charge in [0.2, 0.25) is 0 Å². The van der Waals surface area contributed by atoms with Crippen LogP contribution < -0.4 is 0 Å². The van der Waals surface area contributed by atoms with Gasteiger partial charge in [0.1, 0.15) is 0 Å². The highest BCUT2D eigenvalue weighted by atomic mass is 32.1. The first kappa shape index (κ1) is 16.0. The van der Waals surface area contributed by atoms with Crippen molar-refractivity contribution in [2.75, 3.05) is 19.3 Å². The second-order valence-electron chi connectivity index (χ2n) is 5.20. The van der Waals surface area contributed by atoms with E-state index in [0.29, 0.717) is 5.75 Å². The number of amides is 4. The highest BCUT2D eigenvalue weighted by molar-refractivity contribution is 7.80. The summed E-state index contributed by atoms with van der Waals surface area (Å²) >= 11 is 4.40. The average molecular weight is 286 g/mol. The van der Waals surface area contributed by atoms with Crippen molar-refractivity contribution in [1.29, 1.82) is 0 Å². The minimum absolute atomic E-state index is 0.191. The van der Waals surface area contributed by atoms with Crippen molar-refractivity contribution in [3.63, 3.8) is 0 Å². The van der Waals surface area contributed by atoms with Crippen LogP contribution in [0, 0.1) is 5.41 Å². The first-order valence-electron chi connectivity index (χ1n) is 6.66. The van der Waals surface area contributed by atoms with Crippen molar-refractivity contribution in [3.8, 4) is 0 Å². The smallest absolute Gasteiger partial charge is 0.263 e. The lowest BCUT2D eigenvalue weighted by Crippen LogP contribution is -2.43. The first-order valence-corrected chi connectivity index (χ1v) is 7.30. The summed E-state index contributed by atoms with van der Waals surface area (Å²) in [4.78, 5) is 37.2. The van der Waals surface area contributed by atoms with Crippen molar-refractivity contribution in [3.05, 3.63) is 0 Å². The van der Waals surface area contributed by atoms with Crippen LogP contribution >= 0.6 is 12.6 Å². The number of hydrogen-bond donors (Lipinski definition) is 1. The molecule has 0 atom stereocenters. The van der Waals surface area contributed by atoms with Crippen LogP contribution in [-0.4, -0.2) is 47.0 Å². The predicted molar refractivity (Wildman–Crippen MR) is 76.0 cm³/mol. The third-order valence-corrected chi connectivity index (χ3v) is 4.31. The number of rotatable bonds is 7. The van der Waals surface area contributed by atoms with Gasteiger partial charge in [-0.25, -0.2) is 4.79 Å². The Kier molecular flexibility index (Phi) is 5.40. The highest BCUT2D eigenvalue weighted by Gasteiger charge is 2.45. The molecule has 0 aliphatic carbocycles. The van der Waals surface area contributed by atoms with Gasteiger partial charge in [0, 0.05) is 13.6 Å². The van der Waals surface area contributed by atoms with Crippen LogP contribution in [0.5, 0.6) is 0 Å². The van der Waals surface area contributed by atoms with Gasteiger partial charge >= 0.3 is 17.8 Å². The fourth-order valence-corrected chi connectivity index (χ4v) is 3.06. The predicted octanol–water partition coefficient (Wildman–Crippen LogP) is 1.92. The fourth-order valence-electron chi connectivity index (χ4n) is 2.64. The molecular formula is C13H22N2O3S. The summed E-state index contributed by atoms with van der Waals surface area (Å²) < 4.78 is 0. The van der Waals surface area contributed by atoms with E-state index in [-0.39, 0.29) is 12.0 Å². The van der Waals surface area contributed by atoms with Gasteiger partial charge in [-0.1, -0.05) is 26.7 Å². The molecule has 0 bridgehead atoms. The van der Waals surface area contributed by atoms with Crippen LogP contribution in [0.4, 0.5) is 4.79 Å². The van der Waals surface area contributed by atoms with E-state index in [0.717, 1.165) is 35.5 Å². The van der Waals surface area contributed by atoms with Crippen molar-refractivity contribution >= 4 is 30.5 Å². The molecule has 108 valence electrons. The van der Waals surface area contributed by atoms with Crippen LogP contribution in [-0.2, 0) is 9.59 Å². The SMILES string of the molecule is CCCC(CS)(CCC)CN1C(=O)C(=O)N(C)C1=O. The summed E-state index contributed by atoms with van der Waals surface area (Å²) in [6.45, 7) is 4.42. The molecule has 0 N–H and O–H groups in total. The van der Waals surface area contributed by atoms with Crippen LogP contribution in [0.25, 0.3) is 0 Å². The van der Waals surface area contributed by atoms with E-state index < -0.39 is 17.8 Å². The Morgan fingerprint density at radius 2 is 1.58 bits per heavy atom. The second-order valence-corrected chi connectivity index (χ2v) is 5.51. The zero-order valence-corrected chi connectivity index (χ0v) is 12.7. The number of likely N-dealkylation sites (N-methyl/N-ethyl adjacent to an activating group) is 1. The van der Waals surface area contributed by atoms with E-state index in [2.05, 4.69) is 26.5 Å². The summed E-state index contributed by atoms with van der Waals surface area (Å²) in [5.74, 6) is -0.860. The molecule has 1 aliphatic heterocycles. The maximum Gasteiger partial charge on any atom is 0.333 e. The summed E-state index contributed by atoms with van der Waals surface area (Å²) in [6.07, 6.45) is 3.69. The van der Waals surface area contributed by atoms with Gasteiger partial charge in [0.15, 0.2) is 0 Å². The maximum absolute atomic E-state index is 11.9. The van der Waals surface area contributed by atoms with Gasteiger partial charge in [-0.05, 0) is 24.0 Å². The van der Waals surface area contributed by atoms with Crippen molar-refractivity contribution in [2.24, 2.45) is 5.41 Å². The minimum Gasteiger partial charge on any atom is -0.263 e. The van der Waals surface area contributed by atoms with Gasteiger partial charge in [-0.15, -0.1) is 0 Å². The molecule has 19 heavy (non-hydrogen) atoms. The molecule has 1 rings (SSSR count). The van der Waals surface area contributed by atoms with Crippen molar-refractivity contribution in [1.82, 2.24) is 9.80 Å². The summed E-state index contributed by atoms with van der Waals surface area (Å²) in [5.41, 5.74) is -0.191. The molecule has 0 aromatic rings. The number of urea groups is 1. The molecule has 1 saturated heterocycles.